The fourth-order valence-electron chi connectivity index (χ4n) is 3.68. The lowest BCUT2D eigenvalue weighted by atomic mass is 9.70. The minimum absolute atomic E-state index is 0.0683. The number of benzene rings is 1. The number of hydrogen-bond acceptors (Lipinski definition) is 4. The van der Waals surface area contributed by atoms with E-state index >= 15 is 0 Å². The van der Waals surface area contributed by atoms with Gasteiger partial charge in [0, 0.05) is 13.2 Å². The second-order valence-electron chi connectivity index (χ2n) is 7.92. The molecule has 0 bridgehead atoms. The van der Waals surface area contributed by atoms with Gasteiger partial charge in [-0.25, -0.2) is 4.79 Å². The number of carbonyl (C=O) groups excluding carboxylic acids is 1. The zero-order valence-electron chi connectivity index (χ0n) is 17.4. The first-order valence-corrected chi connectivity index (χ1v) is 9.38. The monoisotopic (exact) mass is 361 g/mol. The first-order valence-electron chi connectivity index (χ1n) is 9.38. The second-order valence-corrected chi connectivity index (χ2v) is 7.92. The first-order chi connectivity index (χ1) is 12.2. The number of rotatable bonds is 10. The fourth-order valence-corrected chi connectivity index (χ4v) is 3.68. The summed E-state index contributed by atoms with van der Waals surface area (Å²) >= 11 is 0. The molecule has 0 spiro atoms. The maximum absolute atomic E-state index is 12.0. The second kappa shape index (κ2) is 9.77. The predicted molar refractivity (Wildman–Crippen MR) is 107 cm³/mol. The molecule has 0 aliphatic heterocycles. The van der Waals surface area contributed by atoms with Crippen molar-refractivity contribution in [3.8, 4) is 0 Å². The maximum atomic E-state index is 12.0. The zero-order chi connectivity index (χ0) is 19.8. The summed E-state index contributed by atoms with van der Waals surface area (Å²) in [6, 6.07) is 8.45. The van der Waals surface area contributed by atoms with Crippen molar-refractivity contribution in [2.45, 2.75) is 60.0 Å². The van der Waals surface area contributed by atoms with Crippen molar-refractivity contribution < 1.29 is 14.3 Å². The third-order valence-corrected chi connectivity index (χ3v) is 4.41. The third kappa shape index (κ3) is 6.49. The van der Waals surface area contributed by atoms with E-state index in [-0.39, 0.29) is 16.8 Å². The van der Waals surface area contributed by atoms with Crippen LogP contribution in [0.4, 0.5) is 0 Å². The van der Waals surface area contributed by atoms with Gasteiger partial charge in [-0.2, -0.15) is 0 Å². The van der Waals surface area contributed by atoms with Crippen LogP contribution in [0.15, 0.2) is 36.0 Å². The van der Waals surface area contributed by atoms with Gasteiger partial charge < -0.3 is 14.8 Å². The van der Waals surface area contributed by atoms with Gasteiger partial charge in [0.05, 0.1) is 13.7 Å². The van der Waals surface area contributed by atoms with Crippen LogP contribution in [0.5, 0.6) is 0 Å². The average molecular weight is 362 g/mol. The number of allylic oxidation sites excluding steroid dienone is 1. The molecule has 0 fully saturated rings. The zero-order valence-corrected chi connectivity index (χ0v) is 17.4. The molecule has 26 heavy (non-hydrogen) atoms. The van der Waals surface area contributed by atoms with Gasteiger partial charge in [0.25, 0.3) is 0 Å². The number of carbonyl (C=O) groups is 1. The third-order valence-electron chi connectivity index (χ3n) is 4.41. The van der Waals surface area contributed by atoms with Crippen LogP contribution in [0, 0.1) is 5.41 Å². The van der Waals surface area contributed by atoms with E-state index in [2.05, 4.69) is 57.3 Å². The molecule has 0 aromatic heterocycles. The lowest BCUT2D eigenvalue weighted by Gasteiger charge is -2.35. The Kier molecular flexibility index (Phi) is 8.35. The fraction of sp³-hybridized carbons (Fsp3) is 0.591. The largest absolute Gasteiger partial charge is 0.464 e. The number of nitrogens with one attached hydrogen (secondary N) is 1. The van der Waals surface area contributed by atoms with E-state index in [0.717, 1.165) is 6.42 Å². The molecule has 0 saturated carbocycles. The highest BCUT2D eigenvalue weighted by molar-refractivity contribution is 5.87. The topological polar surface area (TPSA) is 47.6 Å². The summed E-state index contributed by atoms with van der Waals surface area (Å²) in [6.45, 7) is 14.8. The molecule has 1 N–H and O–H groups in total. The summed E-state index contributed by atoms with van der Waals surface area (Å²) in [5, 5.41) is 3.12. The molecule has 4 nitrogen and oxygen atoms in total. The molecule has 0 aliphatic carbocycles. The SMILES string of the molecule is CCN/C(=C/C(C)(C)CC(C)(C)c1ccccc1COCC)C(=O)OC. The Balaban J connectivity index is 3.12. The van der Waals surface area contributed by atoms with Crippen molar-refractivity contribution in [3.05, 3.63) is 47.2 Å². The molecule has 0 heterocycles. The normalized spacial score (nSPS) is 12.8. The van der Waals surface area contributed by atoms with E-state index in [1.165, 1.54) is 18.2 Å². The molecular formula is C22H35NO3. The highest BCUT2D eigenvalue weighted by Gasteiger charge is 2.31. The summed E-state index contributed by atoms with van der Waals surface area (Å²) in [4.78, 5) is 12.0. The van der Waals surface area contributed by atoms with Crippen LogP contribution in [-0.2, 0) is 26.3 Å². The summed E-state index contributed by atoms with van der Waals surface area (Å²) < 4.78 is 10.5. The van der Waals surface area contributed by atoms with Crippen LogP contribution in [0.3, 0.4) is 0 Å². The van der Waals surface area contributed by atoms with Crippen molar-refractivity contribution in [1.82, 2.24) is 5.32 Å². The van der Waals surface area contributed by atoms with Crippen molar-refractivity contribution in [2.75, 3.05) is 20.3 Å². The number of hydrogen-bond donors (Lipinski definition) is 1. The van der Waals surface area contributed by atoms with Crippen LogP contribution in [0.25, 0.3) is 0 Å². The van der Waals surface area contributed by atoms with E-state index in [9.17, 15) is 4.79 Å². The molecule has 1 aromatic rings. The number of esters is 1. The van der Waals surface area contributed by atoms with Gasteiger partial charge in [0.15, 0.2) is 0 Å². The highest BCUT2D eigenvalue weighted by atomic mass is 16.5. The smallest absolute Gasteiger partial charge is 0.353 e. The Morgan fingerprint density at radius 2 is 1.81 bits per heavy atom. The molecule has 0 radical (unpaired) electrons. The van der Waals surface area contributed by atoms with Gasteiger partial charge in [-0.05, 0) is 48.3 Å². The maximum Gasteiger partial charge on any atom is 0.353 e. The summed E-state index contributed by atoms with van der Waals surface area (Å²) in [6.07, 6.45) is 2.88. The average Bonchev–Trinajstić information content (AvgIpc) is 2.58. The van der Waals surface area contributed by atoms with E-state index < -0.39 is 0 Å². The van der Waals surface area contributed by atoms with Crippen molar-refractivity contribution >= 4 is 5.97 Å². The standard InChI is InChI=1S/C22H35NO3/c1-8-23-19(20(24)25-7)14-21(3,4)16-22(5,6)18-13-11-10-12-17(18)15-26-9-2/h10-14,23H,8-9,15-16H2,1-7H3/b19-14+. The van der Waals surface area contributed by atoms with Crippen LogP contribution in [0.1, 0.15) is 59.1 Å². The van der Waals surface area contributed by atoms with Crippen LogP contribution in [0.2, 0.25) is 0 Å². The molecule has 146 valence electrons. The van der Waals surface area contributed by atoms with Crippen LogP contribution < -0.4 is 5.32 Å². The first kappa shape index (κ1) is 22.2. The van der Waals surface area contributed by atoms with E-state index in [1.54, 1.807) is 0 Å². The van der Waals surface area contributed by atoms with Crippen molar-refractivity contribution in [2.24, 2.45) is 5.41 Å². The van der Waals surface area contributed by atoms with Crippen molar-refractivity contribution in [3.63, 3.8) is 0 Å². The van der Waals surface area contributed by atoms with E-state index in [4.69, 9.17) is 9.47 Å². The summed E-state index contributed by atoms with van der Waals surface area (Å²) in [5.41, 5.74) is 2.78. The number of ether oxygens (including phenoxy) is 2. The Morgan fingerprint density at radius 3 is 2.38 bits per heavy atom. The Bertz CT molecular complexity index is 618. The Morgan fingerprint density at radius 1 is 1.15 bits per heavy atom. The molecule has 4 heteroatoms. The quantitative estimate of drug-likeness (QED) is 0.489. The highest BCUT2D eigenvalue weighted by Crippen LogP contribution is 2.39. The molecule has 0 saturated heterocycles. The number of methoxy groups -OCH3 is 1. The van der Waals surface area contributed by atoms with Crippen LogP contribution >= 0.6 is 0 Å². The van der Waals surface area contributed by atoms with E-state index in [1.807, 2.05) is 19.9 Å². The molecule has 1 rings (SSSR count). The van der Waals surface area contributed by atoms with E-state index in [0.29, 0.717) is 25.5 Å². The van der Waals surface area contributed by atoms with Gasteiger partial charge in [0.1, 0.15) is 5.70 Å². The summed E-state index contributed by atoms with van der Waals surface area (Å²) in [5.74, 6) is -0.325. The molecule has 0 amide bonds. The molecule has 0 aliphatic rings. The van der Waals surface area contributed by atoms with Crippen molar-refractivity contribution in [1.29, 1.82) is 0 Å². The Hall–Kier alpha value is -1.81. The molecule has 0 atom stereocenters. The predicted octanol–water partition coefficient (Wildman–Crippen LogP) is 4.58. The Labute approximate surface area is 159 Å². The lowest BCUT2D eigenvalue weighted by molar-refractivity contribution is -0.136. The number of likely N-dealkylation sites (N-methyl/N-ethyl adjacent to an activating group) is 1. The van der Waals surface area contributed by atoms with Crippen LogP contribution in [-0.4, -0.2) is 26.2 Å². The van der Waals surface area contributed by atoms with Gasteiger partial charge >= 0.3 is 5.97 Å². The van der Waals surface area contributed by atoms with Gasteiger partial charge in [-0.15, -0.1) is 0 Å². The molecular weight excluding hydrogens is 326 g/mol. The van der Waals surface area contributed by atoms with Gasteiger partial charge in [-0.3, -0.25) is 0 Å². The van der Waals surface area contributed by atoms with Gasteiger partial charge in [-0.1, -0.05) is 52.0 Å². The minimum atomic E-state index is -0.325. The summed E-state index contributed by atoms with van der Waals surface area (Å²) in [7, 11) is 1.41. The molecule has 1 aromatic carbocycles. The molecule has 0 unspecified atom stereocenters. The lowest BCUT2D eigenvalue weighted by Crippen LogP contribution is -2.29. The van der Waals surface area contributed by atoms with Gasteiger partial charge in [0.2, 0.25) is 0 Å². The minimum Gasteiger partial charge on any atom is -0.464 e.